The van der Waals surface area contributed by atoms with Crippen molar-refractivity contribution in [3.63, 3.8) is 0 Å². The van der Waals surface area contributed by atoms with Crippen LogP contribution in [0.25, 0.3) is 0 Å². The fourth-order valence-electron chi connectivity index (χ4n) is 4.29. The van der Waals surface area contributed by atoms with Crippen molar-refractivity contribution in [1.29, 1.82) is 0 Å². The second-order valence-electron chi connectivity index (χ2n) is 9.88. The van der Waals surface area contributed by atoms with Crippen LogP contribution in [0, 0.1) is 13.8 Å². The van der Waals surface area contributed by atoms with Crippen molar-refractivity contribution in [1.82, 2.24) is 10.2 Å². The fourth-order valence-corrected chi connectivity index (χ4v) is 5.83. The number of hydrogen-bond donors (Lipinski definition) is 1. The van der Waals surface area contributed by atoms with Crippen LogP contribution in [0.1, 0.15) is 49.8 Å². The largest absolute Gasteiger partial charge is 0.354 e. The molecule has 7 nitrogen and oxygen atoms in total. The van der Waals surface area contributed by atoms with Gasteiger partial charge >= 0.3 is 0 Å². The van der Waals surface area contributed by atoms with Gasteiger partial charge in [0.15, 0.2) is 0 Å². The predicted octanol–water partition coefficient (Wildman–Crippen LogP) is 5.88. The van der Waals surface area contributed by atoms with Gasteiger partial charge in [-0.15, -0.1) is 0 Å². The quantitative estimate of drug-likeness (QED) is 0.255. The highest BCUT2D eigenvalue weighted by Gasteiger charge is 2.33. The first-order valence-corrected chi connectivity index (χ1v) is 15.4. The molecule has 1 N–H and O–H groups in total. The van der Waals surface area contributed by atoms with Gasteiger partial charge in [0.25, 0.3) is 10.0 Å². The van der Waals surface area contributed by atoms with E-state index in [1.165, 1.54) is 17.0 Å². The van der Waals surface area contributed by atoms with Crippen LogP contribution in [0.2, 0.25) is 5.02 Å². The summed E-state index contributed by atoms with van der Waals surface area (Å²) in [5.41, 5.74) is 3.03. The standard InChI is InChI=1S/C31H38ClN3O4S/c1-5-7-20-33-31(37)29(6-2)34(21-25-12-14-26(32)15-13-25)30(36)22-35(27-16-8-23(3)9-17-27)40(38,39)28-18-10-24(4)11-19-28/h8-19,29H,5-7,20-22H2,1-4H3,(H,33,37)/t29-/m1/s1. The number of nitrogens with zero attached hydrogens (tertiary/aromatic N) is 2. The predicted molar refractivity (Wildman–Crippen MR) is 161 cm³/mol. The van der Waals surface area contributed by atoms with Crippen molar-refractivity contribution in [3.8, 4) is 0 Å². The van der Waals surface area contributed by atoms with Crippen LogP contribution in [0.4, 0.5) is 5.69 Å². The van der Waals surface area contributed by atoms with Gasteiger partial charge in [0.2, 0.25) is 11.8 Å². The molecule has 9 heteroatoms. The summed E-state index contributed by atoms with van der Waals surface area (Å²) in [6.07, 6.45) is 2.11. The zero-order chi connectivity index (χ0) is 29.3. The van der Waals surface area contributed by atoms with E-state index in [1.54, 1.807) is 60.7 Å². The Labute approximate surface area is 243 Å². The molecular weight excluding hydrogens is 546 g/mol. The molecule has 3 rings (SSSR count). The third-order valence-corrected chi connectivity index (χ3v) is 8.73. The number of sulfonamides is 1. The van der Waals surface area contributed by atoms with E-state index < -0.39 is 28.5 Å². The van der Waals surface area contributed by atoms with Gasteiger partial charge in [0, 0.05) is 18.1 Å². The molecule has 0 aromatic heterocycles. The molecule has 0 aliphatic carbocycles. The molecule has 0 heterocycles. The van der Waals surface area contributed by atoms with Gasteiger partial charge in [-0.05, 0) is 68.7 Å². The van der Waals surface area contributed by atoms with Crippen molar-refractivity contribution in [2.75, 3.05) is 17.4 Å². The molecule has 3 aromatic rings. The number of amides is 2. The highest BCUT2D eigenvalue weighted by molar-refractivity contribution is 7.92. The van der Waals surface area contributed by atoms with Gasteiger partial charge in [0.1, 0.15) is 12.6 Å². The number of unbranched alkanes of at least 4 members (excludes halogenated alkanes) is 1. The van der Waals surface area contributed by atoms with Gasteiger partial charge in [-0.25, -0.2) is 8.42 Å². The molecule has 0 unspecified atom stereocenters. The zero-order valence-electron chi connectivity index (χ0n) is 23.6. The summed E-state index contributed by atoms with van der Waals surface area (Å²) in [5, 5.41) is 3.49. The minimum Gasteiger partial charge on any atom is -0.354 e. The highest BCUT2D eigenvalue weighted by atomic mass is 35.5. The fraction of sp³-hybridized carbons (Fsp3) is 0.355. The van der Waals surface area contributed by atoms with Crippen molar-refractivity contribution in [2.24, 2.45) is 0 Å². The number of carbonyl (C=O) groups excluding carboxylic acids is 2. The minimum atomic E-state index is -4.09. The van der Waals surface area contributed by atoms with E-state index in [2.05, 4.69) is 5.32 Å². The summed E-state index contributed by atoms with van der Waals surface area (Å²) in [6, 6.07) is 19.8. The molecule has 214 valence electrons. The first-order chi connectivity index (χ1) is 19.1. The third-order valence-electron chi connectivity index (χ3n) is 6.69. The summed E-state index contributed by atoms with van der Waals surface area (Å²) >= 11 is 6.07. The van der Waals surface area contributed by atoms with Crippen molar-refractivity contribution >= 4 is 39.1 Å². The lowest BCUT2D eigenvalue weighted by Gasteiger charge is -2.33. The second kappa shape index (κ2) is 14.3. The van der Waals surface area contributed by atoms with Crippen molar-refractivity contribution in [3.05, 3.63) is 94.5 Å². The summed E-state index contributed by atoms with van der Waals surface area (Å²) in [7, 11) is -4.09. The summed E-state index contributed by atoms with van der Waals surface area (Å²) < 4.78 is 28.9. The average molecular weight is 584 g/mol. The van der Waals surface area contributed by atoms with E-state index in [0.717, 1.165) is 33.8 Å². The lowest BCUT2D eigenvalue weighted by Crippen LogP contribution is -2.52. The van der Waals surface area contributed by atoms with E-state index in [-0.39, 0.29) is 17.3 Å². The van der Waals surface area contributed by atoms with Crippen LogP contribution in [-0.2, 0) is 26.2 Å². The Balaban J connectivity index is 2.02. The Morgan fingerprint density at radius 1 is 0.875 bits per heavy atom. The molecule has 0 radical (unpaired) electrons. The Morgan fingerprint density at radius 3 is 2.00 bits per heavy atom. The molecule has 40 heavy (non-hydrogen) atoms. The number of halogens is 1. The Morgan fingerprint density at radius 2 is 1.45 bits per heavy atom. The number of nitrogens with one attached hydrogen (secondary N) is 1. The Bertz CT molecular complexity index is 1380. The van der Waals surface area contributed by atoms with E-state index in [1.807, 2.05) is 27.7 Å². The summed E-state index contributed by atoms with van der Waals surface area (Å²) in [4.78, 5) is 28.8. The van der Waals surface area contributed by atoms with E-state index in [0.29, 0.717) is 23.7 Å². The minimum absolute atomic E-state index is 0.0834. The van der Waals surface area contributed by atoms with Crippen LogP contribution in [0.15, 0.2) is 77.7 Å². The van der Waals surface area contributed by atoms with Crippen LogP contribution in [0.5, 0.6) is 0 Å². The van der Waals surface area contributed by atoms with Gasteiger partial charge in [0.05, 0.1) is 10.6 Å². The van der Waals surface area contributed by atoms with E-state index in [4.69, 9.17) is 11.6 Å². The zero-order valence-corrected chi connectivity index (χ0v) is 25.1. The maximum Gasteiger partial charge on any atom is 0.264 e. The van der Waals surface area contributed by atoms with Gasteiger partial charge < -0.3 is 10.2 Å². The molecule has 0 saturated carbocycles. The number of carbonyl (C=O) groups is 2. The molecule has 2 amide bonds. The molecule has 0 aliphatic heterocycles. The van der Waals surface area contributed by atoms with Gasteiger partial charge in [-0.2, -0.15) is 0 Å². The van der Waals surface area contributed by atoms with Crippen LogP contribution in [-0.4, -0.2) is 44.3 Å². The average Bonchev–Trinajstić information content (AvgIpc) is 2.93. The maximum atomic E-state index is 14.0. The molecular formula is C31H38ClN3O4S. The topological polar surface area (TPSA) is 86.8 Å². The molecule has 0 fully saturated rings. The molecule has 0 saturated heterocycles. The third kappa shape index (κ3) is 8.08. The highest BCUT2D eigenvalue weighted by Crippen LogP contribution is 2.25. The number of aryl methyl sites for hydroxylation is 2. The van der Waals surface area contributed by atoms with Crippen LogP contribution in [0.3, 0.4) is 0 Å². The molecule has 1 atom stereocenters. The molecule has 0 aliphatic rings. The van der Waals surface area contributed by atoms with Crippen molar-refractivity contribution < 1.29 is 18.0 Å². The van der Waals surface area contributed by atoms with E-state index in [9.17, 15) is 18.0 Å². The Hall–Kier alpha value is -3.36. The lowest BCUT2D eigenvalue weighted by atomic mass is 10.1. The number of hydrogen-bond acceptors (Lipinski definition) is 4. The second-order valence-corrected chi connectivity index (χ2v) is 12.2. The summed E-state index contributed by atoms with van der Waals surface area (Å²) in [6.45, 7) is 7.83. The van der Waals surface area contributed by atoms with Gasteiger partial charge in [-0.1, -0.05) is 79.4 Å². The number of benzene rings is 3. The maximum absolute atomic E-state index is 14.0. The monoisotopic (exact) mass is 583 g/mol. The first-order valence-electron chi connectivity index (χ1n) is 13.5. The molecule has 0 bridgehead atoms. The molecule has 3 aromatic carbocycles. The lowest BCUT2D eigenvalue weighted by molar-refractivity contribution is -0.140. The summed E-state index contributed by atoms with van der Waals surface area (Å²) in [5.74, 6) is -0.745. The van der Waals surface area contributed by atoms with Crippen molar-refractivity contribution in [2.45, 2.75) is 64.4 Å². The molecule has 0 spiro atoms. The first kappa shape index (κ1) is 31.2. The number of rotatable bonds is 13. The normalized spacial score (nSPS) is 12.0. The SMILES string of the molecule is CCCCNC(=O)[C@@H](CC)N(Cc1ccc(Cl)cc1)C(=O)CN(c1ccc(C)cc1)S(=O)(=O)c1ccc(C)cc1. The number of anilines is 1. The van der Waals surface area contributed by atoms with Gasteiger partial charge in [-0.3, -0.25) is 13.9 Å². The van der Waals surface area contributed by atoms with Crippen LogP contribution >= 0.6 is 11.6 Å². The van der Waals surface area contributed by atoms with E-state index >= 15 is 0 Å². The Kier molecular flexibility index (Phi) is 11.2. The van der Waals surface area contributed by atoms with Crippen LogP contribution < -0.4 is 9.62 Å². The smallest absolute Gasteiger partial charge is 0.264 e.